The molecule has 0 aliphatic heterocycles. The Kier molecular flexibility index (Phi) is 5.07. The van der Waals surface area contributed by atoms with E-state index in [2.05, 4.69) is 6.58 Å². The van der Waals surface area contributed by atoms with Crippen molar-refractivity contribution in [3.8, 4) is 5.75 Å². The largest absolute Gasteiger partial charge is 0.493 e. The molecule has 0 atom stereocenters. The molecule has 0 saturated heterocycles. The molecular weight excluding hydrogens is 229 g/mol. The lowest BCUT2D eigenvalue weighted by Crippen LogP contribution is -2.03. The molecule has 0 N–H and O–H groups in total. The Morgan fingerprint density at radius 2 is 2.12 bits per heavy atom. The summed E-state index contributed by atoms with van der Waals surface area (Å²) in [6.07, 6.45) is -0.340. The molecule has 0 heterocycles. The highest BCUT2D eigenvalue weighted by atomic mass is 19.3. The zero-order chi connectivity index (χ0) is 12.8. The fourth-order valence-corrected chi connectivity index (χ4v) is 1.56. The molecule has 0 radical (unpaired) electrons. The normalized spacial score (nSPS) is 10.6. The van der Waals surface area contributed by atoms with Gasteiger partial charge >= 0.3 is 0 Å². The lowest BCUT2D eigenvalue weighted by Gasteiger charge is -2.13. The van der Waals surface area contributed by atoms with Crippen molar-refractivity contribution in [3.05, 3.63) is 41.7 Å². The van der Waals surface area contributed by atoms with Gasteiger partial charge in [-0.2, -0.15) is 0 Å². The van der Waals surface area contributed by atoms with Gasteiger partial charge in [-0.25, -0.2) is 13.2 Å². The third kappa shape index (κ3) is 3.25. The smallest absolute Gasteiger partial charge is 0.270 e. The molecule has 0 saturated carbocycles. The van der Waals surface area contributed by atoms with E-state index in [1.54, 1.807) is 13.0 Å². The van der Waals surface area contributed by atoms with Gasteiger partial charge in [-0.3, -0.25) is 0 Å². The molecule has 0 unspecified atom stereocenters. The van der Waals surface area contributed by atoms with Crippen molar-refractivity contribution < 1.29 is 17.9 Å². The number of hydrogen-bond acceptors (Lipinski definition) is 1. The standard InChI is InChI=1S/C13H15F3O/c1-3-5-6-9-7-8-10(17-4-2)11(12(9)14)13(15)16/h3,7-8,13H,1,4-6H2,2H3. The van der Waals surface area contributed by atoms with E-state index in [1.807, 2.05) is 0 Å². The maximum Gasteiger partial charge on any atom is 0.270 e. The minimum Gasteiger partial charge on any atom is -0.493 e. The van der Waals surface area contributed by atoms with Gasteiger partial charge in [0.2, 0.25) is 0 Å². The topological polar surface area (TPSA) is 9.23 Å². The van der Waals surface area contributed by atoms with Crippen LogP contribution in [0.4, 0.5) is 13.2 Å². The van der Waals surface area contributed by atoms with E-state index >= 15 is 0 Å². The molecule has 1 nitrogen and oxygen atoms in total. The summed E-state index contributed by atoms with van der Waals surface area (Å²) >= 11 is 0. The van der Waals surface area contributed by atoms with E-state index in [0.29, 0.717) is 12.8 Å². The van der Waals surface area contributed by atoms with Crippen LogP contribution in [-0.2, 0) is 6.42 Å². The number of halogens is 3. The van der Waals surface area contributed by atoms with Crippen LogP contribution in [0.25, 0.3) is 0 Å². The second-order valence-corrected chi connectivity index (χ2v) is 3.51. The SMILES string of the molecule is C=CCCc1ccc(OCC)c(C(F)F)c1F. The Morgan fingerprint density at radius 1 is 1.41 bits per heavy atom. The van der Waals surface area contributed by atoms with Crippen molar-refractivity contribution in [1.29, 1.82) is 0 Å². The van der Waals surface area contributed by atoms with Crippen LogP contribution < -0.4 is 4.74 Å². The van der Waals surface area contributed by atoms with Crippen molar-refractivity contribution in [1.82, 2.24) is 0 Å². The molecule has 17 heavy (non-hydrogen) atoms. The van der Waals surface area contributed by atoms with Gasteiger partial charge in [0.15, 0.2) is 0 Å². The van der Waals surface area contributed by atoms with Gasteiger partial charge in [0.1, 0.15) is 11.6 Å². The summed E-state index contributed by atoms with van der Waals surface area (Å²) in [5.74, 6) is -0.949. The summed E-state index contributed by atoms with van der Waals surface area (Å²) in [5, 5.41) is 0. The molecule has 0 amide bonds. The average molecular weight is 244 g/mol. The molecule has 0 aromatic heterocycles. The first-order chi connectivity index (χ1) is 8.11. The number of hydrogen-bond donors (Lipinski definition) is 0. The predicted octanol–water partition coefficient (Wildman–Crippen LogP) is 4.28. The van der Waals surface area contributed by atoms with Crippen LogP contribution in [-0.4, -0.2) is 6.61 Å². The zero-order valence-electron chi connectivity index (χ0n) is 9.68. The second kappa shape index (κ2) is 6.33. The molecule has 1 aromatic carbocycles. The minimum atomic E-state index is -2.87. The molecule has 4 heteroatoms. The fraction of sp³-hybridized carbons (Fsp3) is 0.385. The average Bonchev–Trinajstić information content (AvgIpc) is 2.28. The first kappa shape index (κ1) is 13.6. The number of alkyl halides is 2. The van der Waals surface area contributed by atoms with E-state index in [0.717, 1.165) is 0 Å². The van der Waals surface area contributed by atoms with E-state index in [4.69, 9.17) is 4.74 Å². The van der Waals surface area contributed by atoms with Crippen molar-refractivity contribution in [2.24, 2.45) is 0 Å². The van der Waals surface area contributed by atoms with Crippen LogP contribution in [0.5, 0.6) is 5.75 Å². The quantitative estimate of drug-likeness (QED) is 0.678. The van der Waals surface area contributed by atoms with Crippen LogP contribution in [0.1, 0.15) is 30.9 Å². The Balaban J connectivity index is 3.13. The van der Waals surface area contributed by atoms with E-state index in [9.17, 15) is 13.2 Å². The summed E-state index contributed by atoms with van der Waals surface area (Å²) in [6, 6.07) is 2.88. The van der Waals surface area contributed by atoms with Gasteiger partial charge in [0.25, 0.3) is 6.43 Å². The van der Waals surface area contributed by atoms with Crippen LogP contribution in [0.15, 0.2) is 24.8 Å². The molecule has 1 aromatic rings. The predicted molar refractivity (Wildman–Crippen MR) is 61.0 cm³/mol. The third-order valence-corrected chi connectivity index (χ3v) is 2.36. The highest BCUT2D eigenvalue weighted by Crippen LogP contribution is 2.33. The number of benzene rings is 1. The summed E-state index contributed by atoms with van der Waals surface area (Å²) in [7, 11) is 0. The highest BCUT2D eigenvalue weighted by Gasteiger charge is 2.21. The van der Waals surface area contributed by atoms with Gasteiger partial charge in [-0.15, -0.1) is 6.58 Å². The molecule has 0 spiro atoms. The molecule has 0 bridgehead atoms. The molecular formula is C13H15F3O. The van der Waals surface area contributed by atoms with Crippen molar-refractivity contribution >= 4 is 0 Å². The van der Waals surface area contributed by atoms with Crippen LogP contribution >= 0.6 is 0 Å². The van der Waals surface area contributed by atoms with Gasteiger partial charge in [-0.1, -0.05) is 12.1 Å². The second-order valence-electron chi connectivity index (χ2n) is 3.51. The summed E-state index contributed by atoms with van der Waals surface area (Å²) in [4.78, 5) is 0. The molecule has 0 aliphatic carbocycles. The van der Waals surface area contributed by atoms with Crippen molar-refractivity contribution in [2.45, 2.75) is 26.2 Å². The lowest BCUT2D eigenvalue weighted by molar-refractivity contribution is 0.140. The zero-order valence-corrected chi connectivity index (χ0v) is 9.68. The maximum atomic E-state index is 13.8. The lowest BCUT2D eigenvalue weighted by atomic mass is 10.0. The van der Waals surface area contributed by atoms with Crippen molar-refractivity contribution in [3.63, 3.8) is 0 Å². The number of aryl methyl sites for hydroxylation is 1. The minimum absolute atomic E-state index is 0.0812. The molecule has 94 valence electrons. The monoisotopic (exact) mass is 244 g/mol. The first-order valence-electron chi connectivity index (χ1n) is 5.44. The number of rotatable bonds is 6. The van der Waals surface area contributed by atoms with Gasteiger partial charge in [0.05, 0.1) is 12.2 Å². The fourth-order valence-electron chi connectivity index (χ4n) is 1.56. The van der Waals surface area contributed by atoms with Gasteiger partial charge in [0, 0.05) is 0 Å². The molecule has 0 aliphatic rings. The first-order valence-corrected chi connectivity index (χ1v) is 5.44. The highest BCUT2D eigenvalue weighted by molar-refractivity contribution is 5.40. The van der Waals surface area contributed by atoms with Gasteiger partial charge < -0.3 is 4.74 Å². The molecule has 1 rings (SSSR count). The van der Waals surface area contributed by atoms with Crippen LogP contribution in [0.3, 0.4) is 0 Å². The van der Waals surface area contributed by atoms with E-state index in [1.165, 1.54) is 12.1 Å². The third-order valence-electron chi connectivity index (χ3n) is 2.36. The Hall–Kier alpha value is -1.45. The van der Waals surface area contributed by atoms with E-state index < -0.39 is 17.8 Å². The summed E-state index contributed by atoms with van der Waals surface area (Å²) < 4.78 is 44.4. The maximum absolute atomic E-state index is 13.8. The van der Waals surface area contributed by atoms with Crippen LogP contribution in [0, 0.1) is 5.82 Å². The van der Waals surface area contributed by atoms with Gasteiger partial charge in [-0.05, 0) is 31.4 Å². The summed E-state index contributed by atoms with van der Waals surface area (Å²) in [5.41, 5.74) is -0.378. The number of ether oxygens (including phenoxy) is 1. The Labute approximate surface area is 98.9 Å². The van der Waals surface area contributed by atoms with E-state index in [-0.39, 0.29) is 17.9 Å². The molecule has 0 fully saturated rings. The van der Waals surface area contributed by atoms with Crippen molar-refractivity contribution in [2.75, 3.05) is 6.61 Å². The Morgan fingerprint density at radius 3 is 2.65 bits per heavy atom. The summed E-state index contributed by atoms with van der Waals surface area (Å²) in [6.45, 7) is 5.41. The Bertz CT molecular complexity index is 388. The van der Waals surface area contributed by atoms with Crippen LogP contribution in [0.2, 0.25) is 0 Å². The number of allylic oxidation sites excluding steroid dienone is 1.